The lowest BCUT2D eigenvalue weighted by Gasteiger charge is -2.34. The summed E-state index contributed by atoms with van der Waals surface area (Å²) in [4.78, 5) is 6.69. The summed E-state index contributed by atoms with van der Waals surface area (Å²) < 4.78 is 0. The summed E-state index contributed by atoms with van der Waals surface area (Å²) in [6, 6.07) is 0.373. The fourth-order valence-corrected chi connectivity index (χ4v) is 2.08. The van der Waals surface area contributed by atoms with Gasteiger partial charge in [-0.3, -0.25) is 0 Å². The molecule has 1 aliphatic rings. The van der Waals surface area contributed by atoms with Gasteiger partial charge in [0.25, 0.3) is 0 Å². The number of hydrogen-bond donors (Lipinski definition) is 1. The number of rotatable bonds is 2. The number of nitrogens with two attached hydrogens (primary N) is 1. The molecule has 1 atom stereocenters. The summed E-state index contributed by atoms with van der Waals surface area (Å²) >= 11 is 0. The lowest BCUT2D eigenvalue weighted by atomic mass is 10.0. The normalized spacial score (nSPS) is 21.2. The van der Waals surface area contributed by atoms with Gasteiger partial charge >= 0.3 is 0 Å². The maximum absolute atomic E-state index is 5.78. The van der Waals surface area contributed by atoms with Crippen LogP contribution in [0.4, 0.5) is 5.95 Å². The minimum Gasteiger partial charge on any atom is -0.335 e. The molecule has 0 aromatic carbocycles. The Morgan fingerprint density at radius 2 is 2.06 bits per heavy atom. The maximum Gasteiger partial charge on any atom is 0.245 e. The highest BCUT2D eigenvalue weighted by Gasteiger charge is 2.23. The van der Waals surface area contributed by atoms with Crippen molar-refractivity contribution in [2.75, 3.05) is 18.0 Å². The second-order valence-electron chi connectivity index (χ2n) is 4.36. The molecule has 0 radical (unpaired) electrons. The van der Waals surface area contributed by atoms with E-state index in [1.54, 1.807) is 0 Å². The van der Waals surface area contributed by atoms with Gasteiger partial charge in [-0.2, -0.15) is 5.10 Å². The molecule has 16 heavy (non-hydrogen) atoms. The first-order valence-corrected chi connectivity index (χ1v) is 5.87. The van der Waals surface area contributed by atoms with Crippen LogP contribution in [0.15, 0.2) is 0 Å². The van der Waals surface area contributed by atoms with Crippen LogP contribution in [0, 0.1) is 13.8 Å². The van der Waals surface area contributed by atoms with Gasteiger partial charge in [0, 0.05) is 19.1 Å². The molecular formula is C11H19N5. The number of aromatic nitrogens is 3. The van der Waals surface area contributed by atoms with E-state index >= 15 is 0 Å². The van der Waals surface area contributed by atoms with Crippen molar-refractivity contribution in [1.29, 1.82) is 0 Å². The van der Waals surface area contributed by atoms with Crippen LogP contribution in [0.1, 0.15) is 30.7 Å². The zero-order chi connectivity index (χ0) is 11.5. The molecule has 1 unspecified atom stereocenters. The second kappa shape index (κ2) is 4.74. The molecule has 2 heterocycles. The summed E-state index contributed by atoms with van der Waals surface area (Å²) in [5.74, 6) is 0.734. The molecule has 5 heteroatoms. The van der Waals surface area contributed by atoms with Crippen molar-refractivity contribution in [1.82, 2.24) is 15.2 Å². The SMILES string of the molecule is Cc1nnc(N2CCCCC2CN)nc1C. The standard InChI is InChI=1S/C11H19N5/c1-8-9(2)14-15-11(13-8)16-6-4-3-5-10(16)7-12/h10H,3-7,12H2,1-2H3. The lowest BCUT2D eigenvalue weighted by Crippen LogP contribution is -2.45. The van der Waals surface area contributed by atoms with E-state index in [-0.39, 0.29) is 0 Å². The first-order valence-electron chi connectivity index (χ1n) is 5.87. The average molecular weight is 221 g/mol. The molecule has 1 fully saturated rings. The first-order chi connectivity index (χ1) is 7.72. The lowest BCUT2D eigenvalue weighted by molar-refractivity contribution is 0.456. The smallest absolute Gasteiger partial charge is 0.245 e. The van der Waals surface area contributed by atoms with E-state index in [4.69, 9.17) is 5.73 Å². The van der Waals surface area contributed by atoms with Gasteiger partial charge in [-0.15, -0.1) is 5.10 Å². The highest BCUT2D eigenvalue weighted by Crippen LogP contribution is 2.20. The maximum atomic E-state index is 5.78. The van der Waals surface area contributed by atoms with Gasteiger partial charge < -0.3 is 10.6 Å². The van der Waals surface area contributed by atoms with Gasteiger partial charge in [-0.1, -0.05) is 0 Å². The number of hydrogen-bond acceptors (Lipinski definition) is 5. The van der Waals surface area contributed by atoms with Crippen molar-refractivity contribution in [3.05, 3.63) is 11.4 Å². The minimum absolute atomic E-state index is 0.373. The van der Waals surface area contributed by atoms with Crippen molar-refractivity contribution >= 4 is 5.95 Å². The van der Waals surface area contributed by atoms with Gasteiger partial charge in [0.2, 0.25) is 5.95 Å². The van der Waals surface area contributed by atoms with Crippen LogP contribution in [-0.2, 0) is 0 Å². The van der Waals surface area contributed by atoms with Crippen LogP contribution >= 0.6 is 0 Å². The third-order valence-electron chi connectivity index (χ3n) is 3.24. The van der Waals surface area contributed by atoms with Crippen molar-refractivity contribution in [2.45, 2.75) is 39.2 Å². The van der Waals surface area contributed by atoms with E-state index in [1.807, 2.05) is 13.8 Å². The van der Waals surface area contributed by atoms with Crippen LogP contribution in [0.2, 0.25) is 0 Å². The molecule has 2 rings (SSSR count). The van der Waals surface area contributed by atoms with Crippen molar-refractivity contribution in [3.63, 3.8) is 0 Å². The number of anilines is 1. The highest BCUT2D eigenvalue weighted by atomic mass is 15.3. The number of piperidine rings is 1. The zero-order valence-electron chi connectivity index (χ0n) is 9.98. The molecule has 1 aromatic heterocycles. The molecule has 1 aromatic rings. The highest BCUT2D eigenvalue weighted by molar-refractivity contribution is 5.32. The molecule has 88 valence electrons. The molecule has 1 saturated heterocycles. The predicted octanol–water partition coefficient (Wildman–Crippen LogP) is 0.806. The van der Waals surface area contributed by atoms with Gasteiger partial charge in [-0.25, -0.2) is 4.98 Å². The predicted molar refractivity (Wildman–Crippen MR) is 63.3 cm³/mol. The summed E-state index contributed by atoms with van der Waals surface area (Å²) in [7, 11) is 0. The van der Waals surface area contributed by atoms with Crippen LogP contribution in [-0.4, -0.2) is 34.3 Å². The summed E-state index contributed by atoms with van der Waals surface area (Å²) in [6.45, 7) is 5.55. The van der Waals surface area contributed by atoms with Gasteiger partial charge in [-0.05, 0) is 33.1 Å². The van der Waals surface area contributed by atoms with E-state index in [1.165, 1.54) is 12.8 Å². The van der Waals surface area contributed by atoms with E-state index < -0.39 is 0 Å². The Kier molecular flexibility index (Phi) is 3.33. The molecule has 5 nitrogen and oxygen atoms in total. The largest absolute Gasteiger partial charge is 0.335 e. The van der Waals surface area contributed by atoms with Crippen LogP contribution in [0.3, 0.4) is 0 Å². The summed E-state index contributed by atoms with van der Waals surface area (Å²) in [5, 5.41) is 8.30. The minimum atomic E-state index is 0.373. The molecule has 0 spiro atoms. The Morgan fingerprint density at radius 1 is 1.25 bits per heavy atom. The van der Waals surface area contributed by atoms with E-state index in [0.717, 1.165) is 30.3 Å². The molecule has 0 bridgehead atoms. The summed E-state index contributed by atoms with van der Waals surface area (Å²) in [6.07, 6.45) is 3.57. The zero-order valence-corrected chi connectivity index (χ0v) is 9.98. The fraction of sp³-hybridized carbons (Fsp3) is 0.727. The van der Waals surface area contributed by atoms with Gasteiger partial charge in [0.05, 0.1) is 11.4 Å². The molecule has 0 aliphatic carbocycles. The van der Waals surface area contributed by atoms with Crippen LogP contribution in [0.25, 0.3) is 0 Å². The Morgan fingerprint density at radius 3 is 2.75 bits per heavy atom. The van der Waals surface area contributed by atoms with Crippen LogP contribution in [0.5, 0.6) is 0 Å². The third-order valence-corrected chi connectivity index (χ3v) is 3.24. The van der Waals surface area contributed by atoms with Gasteiger partial charge in [0.1, 0.15) is 0 Å². The van der Waals surface area contributed by atoms with Crippen LogP contribution < -0.4 is 10.6 Å². The quantitative estimate of drug-likeness (QED) is 0.800. The third kappa shape index (κ3) is 2.14. The first kappa shape index (κ1) is 11.3. The van der Waals surface area contributed by atoms with Crippen molar-refractivity contribution in [2.24, 2.45) is 5.73 Å². The van der Waals surface area contributed by atoms with Crippen molar-refractivity contribution in [3.8, 4) is 0 Å². The van der Waals surface area contributed by atoms with E-state index in [2.05, 4.69) is 20.1 Å². The Labute approximate surface area is 96.1 Å². The molecule has 1 aliphatic heterocycles. The number of aryl methyl sites for hydroxylation is 2. The monoisotopic (exact) mass is 221 g/mol. The fourth-order valence-electron chi connectivity index (χ4n) is 2.08. The number of nitrogens with zero attached hydrogens (tertiary/aromatic N) is 4. The molecule has 0 amide bonds. The Hall–Kier alpha value is -1.23. The molecule has 0 saturated carbocycles. The summed E-state index contributed by atoms with van der Waals surface area (Å²) in [5.41, 5.74) is 7.63. The second-order valence-corrected chi connectivity index (χ2v) is 4.36. The Bertz CT molecular complexity index is 365. The average Bonchev–Trinajstić information content (AvgIpc) is 2.32. The van der Waals surface area contributed by atoms with E-state index in [9.17, 15) is 0 Å². The van der Waals surface area contributed by atoms with E-state index in [0.29, 0.717) is 12.6 Å². The Balaban J connectivity index is 2.23. The molecule has 2 N–H and O–H groups in total. The topological polar surface area (TPSA) is 67.9 Å². The van der Waals surface area contributed by atoms with Gasteiger partial charge in [0.15, 0.2) is 0 Å². The van der Waals surface area contributed by atoms with Crippen molar-refractivity contribution < 1.29 is 0 Å². The molecular weight excluding hydrogens is 202 g/mol.